The highest BCUT2D eigenvalue weighted by Crippen LogP contribution is 2.31. The van der Waals surface area contributed by atoms with E-state index in [0.717, 1.165) is 22.6 Å². The number of hydrogen-bond donors (Lipinski definition) is 1. The van der Waals surface area contributed by atoms with Gasteiger partial charge < -0.3 is 14.5 Å². The molecule has 184 valence electrons. The van der Waals surface area contributed by atoms with Crippen LogP contribution in [0.2, 0.25) is 0 Å². The van der Waals surface area contributed by atoms with Crippen molar-refractivity contribution in [3.63, 3.8) is 0 Å². The minimum atomic E-state index is -0.300. The third-order valence-electron chi connectivity index (χ3n) is 6.46. The van der Waals surface area contributed by atoms with Crippen LogP contribution in [0.3, 0.4) is 0 Å². The van der Waals surface area contributed by atoms with E-state index < -0.39 is 0 Å². The van der Waals surface area contributed by atoms with Crippen molar-refractivity contribution in [1.82, 2.24) is 23.3 Å². The largest absolute Gasteiger partial charge is 0.341 e. The number of para-hydroxylation sites is 1. The number of aromatic nitrogens is 5. The summed E-state index contributed by atoms with van der Waals surface area (Å²) in [7, 11) is 1.55. The standard InChI is InChI=1S/C28H30N6O2/c1-19(2)16-34-25-20(3)33(17-21-10-12-23(13-11-21)32-15-14-29-18-32)26(30-22-8-6-5-7-9-22)24(25)27(35)31(4)28(34)36/h5-15,18-19,30H,16-17H2,1-4H3. The van der Waals surface area contributed by atoms with E-state index in [4.69, 9.17) is 0 Å². The molecule has 0 fully saturated rings. The molecule has 0 aliphatic heterocycles. The van der Waals surface area contributed by atoms with Gasteiger partial charge >= 0.3 is 5.69 Å². The van der Waals surface area contributed by atoms with Crippen molar-refractivity contribution in [2.75, 3.05) is 5.32 Å². The smallest absolute Gasteiger partial charge is 0.331 e. The number of fused-ring (bicyclic) bond motifs is 1. The quantitative estimate of drug-likeness (QED) is 0.372. The van der Waals surface area contributed by atoms with Crippen LogP contribution in [0.1, 0.15) is 25.1 Å². The molecule has 3 heterocycles. The van der Waals surface area contributed by atoms with Crippen LogP contribution in [0, 0.1) is 12.8 Å². The Balaban J connectivity index is 1.70. The van der Waals surface area contributed by atoms with Crippen molar-refractivity contribution in [2.24, 2.45) is 13.0 Å². The lowest BCUT2D eigenvalue weighted by Gasteiger charge is -2.14. The van der Waals surface area contributed by atoms with Crippen molar-refractivity contribution in [1.29, 1.82) is 0 Å². The Morgan fingerprint density at radius 2 is 1.69 bits per heavy atom. The summed E-state index contributed by atoms with van der Waals surface area (Å²) in [6.07, 6.45) is 5.42. The summed E-state index contributed by atoms with van der Waals surface area (Å²) < 4.78 is 7.01. The fourth-order valence-corrected chi connectivity index (χ4v) is 4.68. The van der Waals surface area contributed by atoms with Gasteiger partial charge in [-0.15, -0.1) is 0 Å². The first kappa shape index (κ1) is 23.4. The van der Waals surface area contributed by atoms with Crippen LogP contribution >= 0.6 is 0 Å². The molecule has 0 spiro atoms. The highest BCUT2D eigenvalue weighted by atomic mass is 16.2. The molecule has 0 saturated carbocycles. The van der Waals surface area contributed by atoms with Crippen LogP contribution in [-0.2, 0) is 20.1 Å². The zero-order chi connectivity index (χ0) is 25.4. The maximum absolute atomic E-state index is 13.5. The first-order chi connectivity index (χ1) is 17.3. The molecule has 0 aliphatic carbocycles. The van der Waals surface area contributed by atoms with E-state index in [2.05, 4.69) is 40.8 Å². The van der Waals surface area contributed by atoms with E-state index >= 15 is 0 Å². The summed E-state index contributed by atoms with van der Waals surface area (Å²) >= 11 is 0. The highest BCUT2D eigenvalue weighted by molar-refractivity contribution is 5.94. The van der Waals surface area contributed by atoms with E-state index in [1.54, 1.807) is 24.1 Å². The lowest BCUT2D eigenvalue weighted by atomic mass is 10.2. The molecule has 0 atom stereocenters. The number of rotatable bonds is 7. The zero-order valence-electron chi connectivity index (χ0n) is 21.0. The summed E-state index contributed by atoms with van der Waals surface area (Å²) in [6, 6.07) is 18.0. The van der Waals surface area contributed by atoms with Crippen molar-refractivity contribution in [3.8, 4) is 5.69 Å². The Kier molecular flexibility index (Phi) is 6.10. The number of hydrogen-bond acceptors (Lipinski definition) is 4. The maximum Gasteiger partial charge on any atom is 0.331 e. The van der Waals surface area contributed by atoms with Crippen molar-refractivity contribution >= 4 is 22.4 Å². The van der Waals surface area contributed by atoms with Gasteiger partial charge in [0, 0.05) is 49.6 Å². The molecule has 2 aromatic carbocycles. The van der Waals surface area contributed by atoms with Gasteiger partial charge in [0.1, 0.15) is 11.2 Å². The van der Waals surface area contributed by atoms with Crippen LogP contribution in [0.5, 0.6) is 0 Å². The van der Waals surface area contributed by atoms with Crippen LogP contribution in [0.4, 0.5) is 11.5 Å². The molecule has 0 aliphatic rings. The van der Waals surface area contributed by atoms with Gasteiger partial charge in [-0.25, -0.2) is 9.78 Å². The fourth-order valence-electron chi connectivity index (χ4n) is 4.68. The molecule has 8 heteroatoms. The van der Waals surface area contributed by atoms with Crippen molar-refractivity contribution < 1.29 is 0 Å². The van der Waals surface area contributed by atoms with Gasteiger partial charge in [-0.2, -0.15) is 0 Å². The number of anilines is 2. The van der Waals surface area contributed by atoms with E-state index in [-0.39, 0.29) is 17.2 Å². The highest BCUT2D eigenvalue weighted by Gasteiger charge is 2.23. The van der Waals surface area contributed by atoms with Gasteiger partial charge in [0.25, 0.3) is 5.56 Å². The molecule has 8 nitrogen and oxygen atoms in total. The molecule has 1 N–H and O–H groups in total. The minimum absolute atomic E-state index is 0.243. The lowest BCUT2D eigenvalue weighted by molar-refractivity contribution is 0.502. The molecule has 0 radical (unpaired) electrons. The Hall–Kier alpha value is -4.33. The lowest BCUT2D eigenvalue weighted by Crippen LogP contribution is -2.38. The number of benzene rings is 2. The third-order valence-corrected chi connectivity index (χ3v) is 6.46. The normalized spacial score (nSPS) is 11.5. The Morgan fingerprint density at radius 1 is 0.972 bits per heavy atom. The van der Waals surface area contributed by atoms with Gasteiger partial charge in [-0.1, -0.05) is 44.2 Å². The second-order valence-corrected chi connectivity index (χ2v) is 9.52. The zero-order valence-corrected chi connectivity index (χ0v) is 21.0. The Morgan fingerprint density at radius 3 is 2.33 bits per heavy atom. The van der Waals surface area contributed by atoms with Crippen LogP contribution in [-0.4, -0.2) is 23.3 Å². The third kappa shape index (κ3) is 4.15. The molecule has 0 bridgehead atoms. The summed E-state index contributed by atoms with van der Waals surface area (Å²) in [6.45, 7) is 7.19. The SMILES string of the molecule is Cc1c2c(c(Nc3ccccc3)n1Cc1ccc(-n3ccnc3)cc1)c(=O)n(C)c(=O)n2CC(C)C. The Bertz CT molecular complexity index is 1620. The van der Waals surface area contributed by atoms with Gasteiger partial charge in [0.2, 0.25) is 0 Å². The topological polar surface area (TPSA) is 78.8 Å². The summed E-state index contributed by atoms with van der Waals surface area (Å²) in [4.78, 5) is 30.8. The van der Waals surface area contributed by atoms with Crippen molar-refractivity contribution in [2.45, 2.75) is 33.9 Å². The molecular formula is C28H30N6O2. The number of nitrogens with one attached hydrogen (secondary N) is 1. The first-order valence-electron chi connectivity index (χ1n) is 12.1. The van der Waals surface area contributed by atoms with E-state index in [9.17, 15) is 9.59 Å². The van der Waals surface area contributed by atoms with Crippen LogP contribution < -0.4 is 16.6 Å². The number of imidazole rings is 1. The minimum Gasteiger partial charge on any atom is -0.341 e. The molecular weight excluding hydrogens is 452 g/mol. The predicted molar refractivity (Wildman–Crippen MR) is 143 cm³/mol. The molecule has 5 rings (SSSR count). The number of nitrogens with zero attached hydrogens (tertiary/aromatic N) is 5. The van der Waals surface area contributed by atoms with Gasteiger partial charge in [0.05, 0.1) is 11.8 Å². The monoisotopic (exact) mass is 482 g/mol. The molecule has 0 unspecified atom stereocenters. The fraction of sp³-hybridized carbons (Fsp3) is 0.250. The number of aryl methyl sites for hydroxylation is 1. The molecule has 5 aromatic rings. The van der Waals surface area contributed by atoms with Crippen molar-refractivity contribution in [3.05, 3.63) is 105 Å². The van der Waals surface area contributed by atoms with Gasteiger partial charge in [-0.3, -0.25) is 13.9 Å². The molecule has 36 heavy (non-hydrogen) atoms. The van der Waals surface area contributed by atoms with E-state index in [1.807, 2.05) is 60.2 Å². The average molecular weight is 483 g/mol. The molecule has 0 saturated heterocycles. The van der Waals surface area contributed by atoms with E-state index in [1.165, 1.54) is 4.57 Å². The van der Waals surface area contributed by atoms with E-state index in [0.29, 0.717) is 29.8 Å². The predicted octanol–water partition coefficient (Wildman–Crippen LogP) is 4.44. The van der Waals surface area contributed by atoms with Crippen LogP contribution in [0.15, 0.2) is 82.9 Å². The second-order valence-electron chi connectivity index (χ2n) is 9.52. The molecule has 3 aromatic heterocycles. The second kappa shape index (κ2) is 9.37. The maximum atomic E-state index is 13.5. The first-order valence-corrected chi connectivity index (χ1v) is 12.1. The summed E-state index contributed by atoms with van der Waals surface area (Å²) in [5.41, 5.74) is 3.93. The Labute approximate surface area is 209 Å². The average Bonchev–Trinajstić information content (AvgIpc) is 3.50. The van der Waals surface area contributed by atoms with Gasteiger partial charge in [0.15, 0.2) is 0 Å². The summed E-state index contributed by atoms with van der Waals surface area (Å²) in [5.74, 6) is 0.929. The van der Waals surface area contributed by atoms with Crippen LogP contribution in [0.25, 0.3) is 16.6 Å². The van der Waals surface area contributed by atoms with Gasteiger partial charge in [-0.05, 0) is 42.7 Å². The summed E-state index contributed by atoms with van der Waals surface area (Å²) in [5, 5.41) is 4.00. The molecule has 0 amide bonds.